The molecule has 1 aromatic carbocycles. The fraction of sp³-hybridized carbons (Fsp3) is 0.188. The second-order valence-electron chi connectivity index (χ2n) is 5.33. The number of carbonyl (C=O) groups is 1. The van der Waals surface area contributed by atoms with Gasteiger partial charge in [0.1, 0.15) is 11.5 Å². The molecule has 4 rings (SSSR count). The average molecular weight is 335 g/mol. The largest absolute Gasteiger partial charge is 0.349 e. The van der Waals surface area contributed by atoms with Crippen LogP contribution in [0.3, 0.4) is 0 Å². The van der Waals surface area contributed by atoms with E-state index < -0.39 is 0 Å². The van der Waals surface area contributed by atoms with Crippen LogP contribution in [0.15, 0.2) is 24.3 Å². The summed E-state index contributed by atoms with van der Waals surface area (Å²) < 4.78 is 16.7. The lowest BCUT2D eigenvalue weighted by Gasteiger charge is -2.18. The van der Waals surface area contributed by atoms with Crippen molar-refractivity contribution in [1.29, 1.82) is 0 Å². The van der Waals surface area contributed by atoms with Crippen LogP contribution in [0.4, 0.5) is 4.39 Å². The van der Waals surface area contributed by atoms with Crippen molar-refractivity contribution < 1.29 is 9.18 Å². The van der Waals surface area contributed by atoms with Crippen molar-refractivity contribution in [2.45, 2.75) is 13.5 Å². The molecule has 0 unspecified atom stereocenters. The Hall–Kier alpha value is -1.85. The minimum Gasteiger partial charge on any atom is -0.349 e. The number of aryl methyl sites for hydroxylation is 1. The summed E-state index contributed by atoms with van der Waals surface area (Å²) in [6.07, 6.45) is 0. The molecule has 1 aliphatic heterocycles. The van der Waals surface area contributed by atoms with Crippen molar-refractivity contribution in [3.8, 4) is 10.4 Å². The van der Waals surface area contributed by atoms with Crippen LogP contribution in [0.2, 0.25) is 4.34 Å². The molecule has 22 heavy (non-hydrogen) atoms. The zero-order valence-corrected chi connectivity index (χ0v) is 13.3. The number of aromatic nitrogens is 1. The van der Waals surface area contributed by atoms with E-state index in [1.54, 1.807) is 6.07 Å². The fourth-order valence-electron chi connectivity index (χ4n) is 3.15. The monoisotopic (exact) mass is 334 g/mol. The van der Waals surface area contributed by atoms with Crippen molar-refractivity contribution in [1.82, 2.24) is 9.88 Å². The number of hydrogen-bond acceptors (Lipinski definition) is 2. The Morgan fingerprint density at radius 1 is 1.36 bits per heavy atom. The number of thiophene rings is 1. The summed E-state index contributed by atoms with van der Waals surface area (Å²) in [4.78, 5) is 13.1. The number of nitrogens with one attached hydrogen (secondary N) is 1. The molecule has 0 saturated heterocycles. The normalized spacial score (nSPS) is 14.2. The molecule has 1 aliphatic rings. The topological polar surface area (TPSA) is 34.0 Å². The third kappa shape index (κ3) is 1.89. The summed E-state index contributed by atoms with van der Waals surface area (Å²) in [6, 6.07) is 6.71. The Kier molecular flexibility index (Phi) is 3.03. The molecule has 0 fully saturated rings. The first-order chi connectivity index (χ1) is 10.6. The first-order valence-corrected chi connectivity index (χ1v) is 8.12. The van der Waals surface area contributed by atoms with Gasteiger partial charge < -0.3 is 9.88 Å². The van der Waals surface area contributed by atoms with Crippen LogP contribution in [-0.2, 0) is 6.54 Å². The van der Waals surface area contributed by atoms with Crippen molar-refractivity contribution in [2.75, 3.05) is 6.54 Å². The fourth-order valence-corrected chi connectivity index (χ4v) is 4.21. The Labute approximate surface area is 135 Å². The molecule has 0 atom stereocenters. The van der Waals surface area contributed by atoms with E-state index in [9.17, 15) is 9.18 Å². The Bertz CT molecular complexity index is 928. The number of carbonyl (C=O) groups excluding carboxylic acids is 1. The van der Waals surface area contributed by atoms with E-state index >= 15 is 0 Å². The quantitative estimate of drug-likeness (QED) is 0.710. The summed E-state index contributed by atoms with van der Waals surface area (Å²) >= 11 is 7.44. The van der Waals surface area contributed by atoms with Gasteiger partial charge in [-0.15, -0.1) is 11.3 Å². The Balaban J connectivity index is 2.13. The van der Waals surface area contributed by atoms with E-state index in [1.807, 2.05) is 17.6 Å². The number of hydrogen-bond donors (Lipinski definition) is 1. The number of amides is 1. The van der Waals surface area contributed by atoms with Crippen LogP contribution in [-0.4, -0.2) is 17.0 Å². The predicted molar refractivity (Wildman–Crippen MR) is 87.3 cm³/mol. The van der Waals surface area contributed by atoms with Gasteiger partial charge >= 0.3 is 0 Å². The minimum atomic E-state index is -0.307. The van der Waals surface area contributed by atoms with Gasteiger partial charge in [0.2, 0.25) is 0 Å². The molecular weight excluding hydrogens is 323 g/mol. The second-order valence-corrected chi connectivity index (χ2v) is 7.05. The highest BCUT2D eigenvalue weighted by Gasteiger charge is 2.26. The number of fused-ring (bicyclic) bond motifs is 3. The van der Waals surface area contributed by atoms with Gasteiger partial charge in [-0.1, -0.05) is 11.6 Å². The highest BCUT2D eigenvalue weighted by atomic mass is 35.5. The maximum Gasteiger partial charge on any atom is 0.268 e. The van der Waals surface area contributed by atoms with Crippen LogP contribution in [0.25, 0.3) is 21.3 Å². The second kappa shape index (κ2) is 4.83. The summed E-state index contributed by atoms with van der Waals surface area (Å²) in [5.74, 6) is -0.408. The molecule has 6 heteroatoms. The van der Waals surface area contributed by atoms with Gasteiger partial charge in [-0.05, 0) is 36.8 Å². The Morgan fingerprint density at radius 2 is 2.18 bits per heavy atom. The first kappa shape index (κ1) is 13.8. The number of rotatable bonds is 1. The van der Waals surface area contributed by atoms with Crippen LogP contribution in [0.1, 0.15) is 16.1 Å². The zero-order chi connectivity index (χ0) is 15.4. The van der Waals surface area contributed by atoms with E-state index in [-0.39, 0.29) is 11.7 Å². The van der Waals surface area contributed by atoms with Crippen molar-refractivity contribution in [3.05, 3.63) is 45.7 Å². The number of benzene rings is 1. The average Bonchev–Trinajstić information content (AvgIpc) is 3.02. The van der Waals surface area contributed by atoms with Gasteiger partial charge in [-0.3, -0.25) is 4.79 Å². The van der Waals surface area contributed by atoms with Crippen LogP contribution < -0.4 is 5.32 Å². The standard InChI is InChI=1S/C16H12ClFN2OS/c1-8-10-6-9(18)7-11(12-2-3-13(17)22-12)15(10)20-5-4-19-16(21)14(8)20/h2-3,6-7H,4-5H2,1H3,(H,19,21). The first-order valence-electron chi connectivity index (χ1n) is 6.92. The molecule has 1 N–H and O–H groups in total. The molecule has 0 saturated carbocycles. The third-order valence-corrected chi connectivity index (χ3v) is 5.31. The minimum absolute atomic E-state index is 0.101. The molecule has 3 aromatic rings. The summed E-state index contributed by atoms with van der Waals surface area (Å²) in [7, 11) is 0. The molecule has 112 valence electrons. The molecule has 0 aliphatic carbocycles. The van der Waals surface area contributed by atoms with Crippen molar-refractivity contribution in [2.24, 2.45) is 0 Å². The van der Waals surface area contributed by atoms with Crippen LogP contribution in [0.5, 0.6) is 0 Å². The van der Waals surface area contributed by atoms with Gasteiger partial charge in [-0.25, -0.2) is 4.39 Å². The number of nitrogens with zero attached hydrogens (tertiary/aromatic N) is 1. The molecule has 0 spiro atoms. The van der Waals surface area contributed by atoms with Crippen LogP contribution in [0, 0.1) is 12.7 Å². The highest BCUT2D eigenvalue weighted by Crippen LogP contribution is 2.39. The lowest BCUT2D eigenvalue weighted by atomic mass is 10.1. The summed E-state index contributed by atoms with van der Waals surface area (Å²) in [6.45, 7) is 3.13. The highest BCUT2D eigenvalue weighted by molar-refractivity contribution is 7.19. The van der Waals surface area contributed by atoms with Crippen LogP contribution >= 0.6 is 22.9 Å². The van der Waals surface area contributed by atoms with Gasteiger partial charge in [-0.2, -0.15) is 0 Å². The lowest BCUT2D eigenvalue weighted by Crippen LogP contribution is -2.35. The molecule has 1 amide bonds. The molecule has 0 radical (unpaired) electrons. The third-order valence-electron chi connectivity index (χ3n) is 4.05. The van der Waals surface area contributed by atoms with E-state index in [0.29, 0.717) is 23.1 Å². The van der Waals surface area contributed by atoms with Gasteiger partial charge in [0.15, 0.2) is 0 Å². The summed E-state index contributed by atoms with van der Waals surface area (Å²) in [5.41, 5.74) is 3.13. The lowest BCUT2D eigenvalue weighted by molar-refractivity contribution is 0.0928. The Morgan fingerprint density at radius 3 is 2.91 bits per heavy atom. The van der Waals surface area contributed by atoms with Gasteiger partial charge in [0.05, 0.1) is 9.85 Å². The maximum absolute atomic E-state index is 14.1. The van der Waals surface area contributed by atoms with E-state index in [2.05, 4.69) is 5.32 Å². The molecule has 0 bridgehead atoms. The molecule has 3 heterocycles. The van der Waals surface area contributed by atoms with Crippen molar-refractivity contribution in [3.63, 3.8) is 0 Å². The van der Waals surface area contributed by atoms with Crippen molar-refractivity contribution >= 4 is 39.7 Å². The molecule has 3 nitrogen and oxygen atoms in total. The maximum atomic E-state index is 14.1. The van der Waals surface area contributed by atoms with E-state index in [4.69, 9.17) is 11.6 Å². The summed E-state index contributed by atoms with van der Waals surface area (Å²) in [5, 5.41) is 3.63. The van der Waals surface area contributed by atoms with E-state index in [1.165, 1.54) is 23.5 Å². The smallest absolute Gasteiger partial charge is 0.268 e. The number of halogens is 2. The SMILES string of the molecule is Cc1c2n(c3c(-c4ccc(Cl)s4)cc(F)cc13)CCNC2=O. The molecule has 2 aromatic heterocycles. The van der Waals surface area contributed by atoms with Gasteiger partial charge in [0.25, 0.3) is 5.91 Å². The van der Waals surface area contributed by atoms with Gasteiger partial charge in [0, 0.05) is 28.9 Å². The zero-order valence-electron chi connectivity index (χ0n) is 11.7. The van der Waals surface area contributed by atoms with E-state index in [0.717, 1.165) is 26.9 Å². The predicted octanol–water partition coefficient (Wildman–Crippen LogP) is 4.21. The molecular formula is C16H12ClFN2OS.